The largest absolute Gasteiger partial charge is 0.383 e. The Morgan fingerprint density at radius 1 is 0.950 bits per heavy atom. The molecule has 2 atom stereocenters. The number of aliphatic hydroxyl groups is 1. The van der Waals surface area contributed by atoms with Crippen molar-refractivity contribution >= 4 is 0 Å². The normalized spacial score (nSPS) is 37.5. The Kier molecular flexibility index (Phi) is 2.92. The lowest BCUT2D eigenvalue weighted by Crippen LogP contribution is -2.68. The van der Waals surface area contributed by atoms with Gasteiger partial charge in [0.2, 0.25) is 0 Å². The van der Waals surface area contributed by atoms with Gasteiger partial charge in [-0.25, -0.2) is 0 Å². The van der Waals surface area contributed by atoms with Crippen LogP contribution in [0.25, 0.3) is 0 Å². The lowest BCUT2D eigenvalue weighted by atomic mass is 9.55. The number of nitrogens with zero attached hydrogens (tertiary/aromatic N) is 1. The average Bonchev–Trinajstić information content (AvgIpc) is 2.65. The van der Waals surface area contributed by atoms with Crippen molar-refractivity contribution in [1.82, 2.24) is 4.90 Å². The summed E-state index contributed by atoms with van der Waals surface area (Å²) < 4.78 is 5.52. The highest BCUT2D eigenvalue weighted by Crippen LogP contribution is 2.62. The molecule has 1 N–H and O–H groups in total. The second-order valence-corrected chi connectivity index (χ2v) is 6.43. The van der Waals surface area contributed by atoms with E-state index >= 15 is 0 Å². The van der Waals surface area contributed by atoms with E-state index in [1.807, 2.05) is 0 Å². The van der Waals surface area contributed by atoms with Crippen LogP contribution in [-0.4, -0.2) is 36.3 Å². The number of benzene rings is 1. The predicted molar refractivity (Wildman–Crippen MR) is 77.5 cm³/mol. The minimum atomic E-state index is -0.641. The van der Waals surface area contributed by atoms with Gasteiger partial charge < -0.3 is 9.84 Å². The molecule has 2 aliphatic carbocycles. The van der Waals surface area contributed by atoms with Crippen LogP contribution in [0.1, 0.15) is 43.2 Å². The van der Waals surface area contributed by atoms with E-state index in [4.69, 9.17) is 4.74 Å². The van der Waals surface area contributed by atoms with Gasteiger partial charge in [-0.1, -0.05) is 43.5 Å². The van der Waals surface area contributed by atoms with Crippen LogP contribution in [0.5, 0.6) is 0 Å². The molecule has 1 aromatic carbocycles. The number of morpholine rings is 1. The first-order valence-corrected chi connectivity index (χ1v) is 7.94. The zero-order chi connectivity index (χ0) is 13.6. The molecular weight excluding hydrogens is 250 g/mol. The summed E-state index contributed by atoms with van der Waals surface area (Å²) in [6.45, 7) is 3.47. The molecule has 3 heteroatoms. The molecule has 1 aliphatic heterocycles. The molecule has 3 aliphatic rings. The Labute approximate surface area is 120 Å². The molecule has 108 valence electrons. The zero-order valence-electron chi connectivity index (χ0n) is 12.0. The summed E-state index contributed by atoms with van der Waals surface area (Å²) >= 11 is 0. The van der Waals surface area contributed by atoms with E-state index in [1.165, 1.54) is 24.0 Å². The molecule has 1 heterocycles. The molecule has 2 fully saturated rings. The monoisotopic (exact) mass is 273 g/mol. The van der Waals surface area contributed by atoms with Gasteiger partial charge in [-0.05, 0) is 24.0 Å². The van der Waals surface area contributed by atoms with E-state index in [0.29, 0.717) is 0 Å². The lowest BCUT2D eigenvalue weighted by Gasteiger charge is -2.62. The van der Waals surface area contributed by atoms with Crippen molar-refractivity contribution in [1.29, 1.82) is 0 Å². The minimum Gasteiger partial charge on any atom is -0.383 e. The van der Waals surface area contributed by atoms with Gasteiger partial charge in [-0.3, -0.25) is 4.90 Å². The number of fused-ring (bicyclic) bond motifs is 4. The van der Waals surface area contributed by atoms with Gasteiger partial charge in [0.15, 0.2) is 0 Å². The number of hydrogen-bond acceptors (Lipinski definition) is 3. The fourth-order valence-electron chi connectivity index (χ4n) is 4.74. The molecule has 0 amide bonds. The minimum absolute atomic E-state index is 0.149. The maximum absolute atomic E-state index is 11.5. The Balaban J connectivity index is 1.84. The molecule has 1 aromatic rings. The third-order valence-electron chi connectivity index (χ3n) is 5.63. The van der Waals surface area contributed by atoms with E-state index in [1.54, 1.807) is 0 Å². The van der Waals surface area contributed by atoms with Crippen LogP contribution in [0.15, 0.2) is 24.3 Å². The summed E-state index contributed by atoms with van der Waals surface area (Å²) in [7, 11) is 0. The second-order valence-electron chi connectivity index (χ2n) is 6.43. The first-order valence-electron chi connectivity index (χ1n) is 7.94. The third-order valence-corrected chi connectivity index (χ3v) is 5.63. The maximum atomic E-state index is 11.5. The van der Waals surface area contributed by atoms with Gasteiger partial charge in [-0.2, -0.15) is 0 Å². The summed E-state index contributed by atoms with van der Waals surface area (Å²) in [6.07, 6.45) is 5.58. The van der Waals surface area contributed by atoms with E-state index in [-0.39, 0.29) is 5.54 Å². The molecule has 0 bridgehead atoms. The highest BCUT2D eigenvalue weighted by Gasteiger charge is 2.64. The van der Waals surface area contributed by atoms with Gasteiger partial charge in [0.25, 0.3) is 0 Å². The van der Waals surface area contributed by atoms with Crippen LogP contribution in [0, 0.1) is 0 Å². The topological polar surface area (TPSA) is 32.7 Å². The molecule has 1 saturated heterocycles. The molecule has 3 nitrogen and oxygen atoms in total. The first-order chi connectivity index (χ1) is 9.79. The van der Waals surface area contributed by atoms with Crippen LogP contribution in [0.4, 0.5) is 0 Å². The van der Waals surface area contributed by atoms with Gasteiger partial charge in [-0.15, -0.1) is 0 Å². The smallest absolute Gasteiger partial charge is 0.112 e. The summed E-state index contributed by atoms with van der Waals surface area (Å²) in [5.41, 5.74) is 1.75. The fourth-order valence-corrected chi connectivity index (χ4v) is 4.74. The van der Waals surface area contributed by atoms with Crippen molar-refractivity contribution in [2.45, 2.75) is 43.2 Å². The van der Waals surface area contributed by atoms with Crippen LogP contribution in [0.3, 0.4) is 0 Å². The van der Waals surface area contributed by atoms with Crippen molar-refractivity contribution in [3.8, 4) is 0 Å². The summed E-state index contributed by atoms with van der Waals surface area (Å²) in [5, 5.41) is 11.5. The molecule has 20 heavy (non-hydrogen) atoms. The Morgan fingerprint density at radius 2 is 1.65 bits per heavy atom. The van der Waals surface area contributed by atoms with Gasteiger partial charge in [0.1, 0.15) is 5.60 Å². The molecule has 0 radical (unpaired) electrons. The molecule has 1 saturated carbocycles. The van der Waals surface area contributed by atoms with E-state index in [9.17, 15) is 5.11 Å². The molecule has 0 unspecified atom stereocenters. The highest BCUT2D eigenvalue weighted by molar-refractivity contribution is 5.52. The van der Waals surface area contributed by atoms with Crippen molar-refractivity contribution in [2.75, 3.05) is 26.3 Å². The molecule has 4 rings (SSSR count). The van der Waals surface area contributed by atoms with Crippen molar-refractivity contribution < 1.29 is 9.84 Å². The Bertz CT molecular complexity index is 511. The van der Waals surface area contributed by atoms with E-state index in [0.717, 1.165) is 45.6 Å². The number of ether oxygens (including phenoxy) is 1. The number of hydrogen-bond donors (Lipinski definition) is 1. The number of rotatable bonds is 1. The molecular formula is C17H23NO2. The average molecular weight is 273 g/mol. The van der Waals surface area contributed by atoms with Crippen molar-refractivity contribution in [3.05, 3.63) is 35.4 Å². The Morgan fingerprint density at radius 3 is 2.45 bits per heavy atom. The van der Waals surface area contributed by atoms with E-state index in [2.05, 4.69) is 29.2 Å². The second kappa shape index (κ2) is 4.55. The van der Waals surface area contributed by atoms with Crippen LogP contribution in [0.2, 0.25) is 0 Å². The highest BCUT2D eigenvalue weighted by atomic mass is 16.5. The van der Waals surface area contributed by atoms with Crippen molar-refractivity contribution in [3.63, 3.8) is 0 Å². The summed E-state index contributed by atoms with van der Waals surface area (Å²) in [6, 6.07) is 8.53. The summed E-state index contributed by atoms with van der Waals surface area (Å²) in [5.74, 6) is 0. The third kappa shape index (κ3) is 1.46. The lowest BCUT2D eigenvalue weighted by molar-refractivity contribution is -0.179. The van der Waals surface area contributed by atoms with Crippen LogP contribution < -0.4 is 0 Å². The van der Waals surface area contributed by atoms with Gasteiger partial charge >= 0.3 is 0 Å². The fraction of sp³-hybridized carbons (Fsp3) is 0.647. The van der Waals surface area contributed by atoms with Gasteiger partial charge in [0.05, 0.1) is 18.8 Å². The SMILES string of the molecule is O[C@@]12CCCCC[C@]1(N1CCOCC1)c1ccccc12. The van der Waals surface area contributed by atoms with Crippen molar-refractivity contribution in [2.24, 2.45) is 0 Å². The molecule has 0 aromatic heterocycles. The molecule has 0 spiro atoms. The van der Waals surface area contributed by atoms with Crippen LogP contribution in [-0.2, 0) is 15.9 Å². The standard InChI is InChI=1S/C17H23NO2/c19-17-9-5-1-4-8-16(17,18-10-12-20-13-11-18)14-6-2-3-7-15(14)17/h2-3,6-7,19H,1,4-5,8-13H2/t16-,17+/m0/s1. The first kappa shape index (κ1) is 12.8. The van der Waals surface area contributed by atoms with Gasteiger partial charge in [0, 0.05) is 13.1 Å². The quantitative estimate of drug-likeness (QED) is 0.852. The van der Waals surface area contributed by atoms with Crippen LogP contribution >= 0.6 is 0 Å². The maximum Gasteiger partial charge on any atom is 0.112 e. The zero-order valence-corrected chi connectivity index (χ0v) is 12.0. The summed E-state index contributed by atoms with van der Waals surface area (Å²) in [4.78, 5) is 2.50. The predicted octanol–water partition coefficient (Wildman–Crippen LogP) is 2.38. The van der Waals surface area contributed by atoms with E-state index < -0.39 is 5.60 Å². The Hall–Kier alpha value is -0.900.